The SMILES string of the molecule is O=C(CC(O)c1ccccc1)NCc1cccc(N2CC=CC2)c1. The zero-order chi connectivity index (χ0) is 16.8. The molecule has 1 amide bonds. The van der Waals surface area contributed by atoms with Crippen molar-refractivity contribution in [3.8, 4) is 0 Å². The van der Waals surface area contributed by atoms with Gasteiger partial charge in [-0.05, 0) is 23.3 Å². The van der Waals surface area contributed by atoms with Gasteiger partial charge in [0, 0.05) is 25.3 Å². The summed E-state index contributed by atoms with van der Waals surface area (Å²) in [5.41, 5.74) is 2.98. The van der Waals surface area contributed by atoms with Crippen molar-refractivity contribution in [2.75, 3.05) is 18.0 Å². The van der Waals surface area contributed by atoms with E-state index in [1.807, 2.05) is 42.5 Å². The summed E-state index contributed by atoms with van der Waals surface area (Å²) in [4.78, 5) is 14.3. The van der Waals surface area contributed by atoms with E-state index in [9.17, 15) is 9.90 Å². The van der Waals surface area contributed by atoms with E-state index < -0.39 is 6.10 Å². The van der Waals surface area contributed by atoms with Crippen LogP contribution < -0.4 is 10.2 Å². The van der Waals surface area contributed by atoms with E-state index in [2.05, 4.69) is 34.5 Å². The van der Waals surface area contributed by atoms with Crippen LogP contribution in [0.3, 0.4) is 0 Å². The van der Waals surface area contributed by atoms with Crippen LogP contribution in [-0.4, -0.2) is 24.1 Å². The van der Waals surface area contributed by atoms with Crippen LogP contribution in [0.2, 0.25) is 0 Å². The normalized spacial score (nSPS) is 14.6. The second kappa shape index (κ2) is 7.79. The Labute approximate surface area is 142 Å². The number of aliphatic hydroxyl groups excluding tert-OH is 1. The van der Waals surface area contributed by atoms with E-state index in [-0.39, 0.29) is 12.3 Å². The Bertz CT molecular complexity index is 705. The van der Waals surface area contributed by atoms with Crippen LogP contribution in [0.1, 0.15) is 23.7 Å². The van der Waals surface area contributed by atoms with Gasteiger partial charge in [-0.15, -0.1) is 0 Å². The maximum Gasteiger partial charge on any atom is 0.223 e. The molecular weight excluding hydrogens is 300 g/mol. The molecule has 0 saturated carbocycles. The third-order valence-electron chi connectivity index (χ3n) is 4.15. The highest BCUT2D eigenvalue weighted by atomic mass is 16.3. The molecule has 1 aliphatic rings. The number of nitrogens with zero attached hydrogens (tertiary/aromatic N) is 1. The molecular formula is C20H22N2O2. The summed E-state index contributed by atoms with van der Waals surface area (Å²) in [5, 5.41) is 13.0. The second-order valence-corrected chi connectivity index (χ2v) is 5.95. The van der Waals surface area contributed by atoms with Gasteiger partial charge in [0.15, 0.2) is 0 Å². The number of anilines is 1. The number of carbonyl (C=O) groups excluding carboxylic acids is 1. The summed E-state index contributed by atoms with van der Waals surface area (Å²) in [6.45, 7) is 2.33. The van der Waals surface area contributed by atoms with Crippen LogP contribution in [-0.2, 0) is 11.3 Å². The van der Waals surface area contributed by atoms with Crippen molar-refractivity contribution in [1.82, 2.24) is 5.32 Å². The van der Waals surface area contributed by atoms with Gasteiger partial charge in [-0.25, -0.2) is 0 Å². The number of nitrogens with one attached hydrogen (secondary N) is 1. The molecule has 0 aromatic heterocycles. The molecule has 0 radical (unpaired) electrons. The lowest BCUT2D eigenvalue weighted by Gasteiger charge is -2.18. The first-order valence-electron chi connectivity index (χ1n) is 8.21. The van der Waals surface area contributed by atoms with Crippen LogP contribution in [0.4, 0.5) is 5.69 Å². The summed E-state index contributed by atoms with van der Waals surface area (Å²) >= 11 is 0. The van der Waals surface area contributed by atoms with Crippen molar-refractivity contribution in [2.24, 2.45) is 0 Å². The molecule has 1 aliphatic heterocycles. The summed E-state index contributed by atoms with van der Waals surface area (Å²) in [7, 11) is 0. The summed E-state index contributed by atoms with van der Waals surface area (Å²) in [6, 6.07) is 17.4. The first-order chi connectivity index (χ1) is 11.7. The van der Waals surface area contributed by atoms with Gasteiger partial charge in [-0.2, -0.15) is 0 Å². The number of carbonyl (C=O) groups is 1. The van der Waals surface area contributed by atoms with Crippen LogP contribution in [0.15, 0.2) is 66.7 Å². The minimum Gasteiger partial charge on any atom is -0.388 e. The largest absolute Gasteiger partial charge is 0.388 e. The predicted molar refractivity (Wildman–Crippen MR) is 95.7 cm³/mol. The summed E-state index contributed by atoms with van der Waals surface area (Å²) < 4.78 is 0. The van der Waals surface area contributed by atoms with E-state index in [1.165, 1.54) is 0 Å². The zero-order valence-electron chi connectivity index (χ0n) is 13.6. The van der Waals surface area contributed by atoms with E-state index in [0.717, 1.165) is 29.9 Å². The van der Waals surface area contributed by atoms with Crippen molar-refractivity contribution >= 4 is 11.6 Å². The molecule has 124 valence electrons. The van der Waals surface area contributed by atoms with Gasteiger partial charge in [-0.1, -0.05) is 54.6 Å². The van der Waals surface area contributed by atoms with Crippen molar-refractivity contribution in [3.63, 3.8) is 0 Å². The highest BCUT2D eigenvalue weighted by Crippen LogP contribution is 2.19. The molecule has 24 heavy (non-hydrogen) atoms. The fraction of sp³-hybridized carbons (Fsp3) is 0.250. The number of aliphatic hydroxyl groups is 1. The third-order valence-corrected chi connectivity index (χ3v) is 4.15. The minimum absolute atomic E-state index is 0.0692. The lowest BCUT2D eigenvalue weighted by atomic mass is 10.1. The fourth-order valence-corrected chi connectivity index (χ4v) is 2.79. The number of benzene rings is 2. The average Bonchev–Trinajstić information content (AvgIpc) is 3.16. The predicted octanol–water partition coefficient (Wildman–Crippen LogP) is 2.80. The Morgan fingerprint density at radius 3 is 2.58 bits per heavy atom. The van der Waals surface area contributed by atoms with Crippen LogP contribution in [0.5, 0.6) is 0 Å². The van der Waals surface area contributed by atoms with Gasteiger partial charge in [0.05, 0.1) is 12.5 Å². The molecule has 0 aliphatic carbocycles. The Hall–Kier alpha value is -2.59. The zero-order valence-corrected chi connectivity index (χ0v) is 13.6. The number of rotatable bonds is 6. The maximum atomic E-state index is 12.0. The van der Waals surface area contributed by atoms with Crippen molar-refractivity contribution in [3.05, 3.63) is 77.9 Å². The van der Waals surface area contributed by atoms with Crippen LogP contribution in [0, 0.1) is 0 Å². The highest BCUT2D eigenvalue weighted by molar-refractivity contribution is 5.76. The number of amides is 1. The topological polar surface area (TPSA) is 52.6 Å². The van der Waals surface area contributed by atoms with E-state index in [4.69, 9.17) is 0 Å². The lowest BCUT2D eigenvalue weighted by Crippen LogP contribution is -2.25. The molecule has 4 heteroatoms. The molecule has 1 unspecified atom stereocenters. The quantitative estimate of drug-likeness (QED) is 0.804. The first kappa shape index (κ1) is 16.3. The third kappa shape index (κ3) is 4.24. The van der Waals surface area contributed by atoms with Gasteiger partial charge in [-0.3, -0.25) is 4.79 Å². The van der Waals surface area contributed by atoms with Gasteiger partial charge in [0.25, 0.3) is 0 Å². The molecule has 0 bridgehead atoms. The minimum atomic E-state index is -0.770. The van der Waals surface area contributed by atoms with Crippen molar-refractivity contribution in [2.45, 2.75) is 19.1 Å². The van der Waals surface area contributed by atoms with Crippen LogP contribution >= 0.6 is 0 Å². The Morgan fingerprint density at radius 1 is 1.08 bits per heavy atom. The molecule has 3 rings (SSSR count). The first-order valence-corrected chi connectivity index (χ1v) is 8.21. The maximum absolute atomic E-state index is 12.0. The molecule has 0 fully saturated rings. The molecule has 2 N–H and O–H groups in total. The Balaban J connectivity index is 1.52. The molecule has 1 heterocycles. The Kier molecular flexibility index (Phi) is 5.29. The lowest BCUT2D eigenvalue weighted by molar-refractivity contribution is -0.123. The van der Waals surface area contributed by atoms with Crippen LogP contribution in [0.25, 0.3) is 0 Å². The van der Waals surface area contributed by atoms with Crippen molar-refractivity contribution in [1.29, 1.82) is 0 Å². The molecule has 0 saturated heterocycles. The van der Waals surface area contributed by atoms with E-state index in [1.54, 1.807) is 0 Å². The average molecular weight is 322 g/mol. The van der Waals surface area contributed by atoms with Gasteiger partial charge in [0.2, 0.25) is 5.91 Å². The highest BCUT2D eigenvalue weighted by Gasteiger charge is 2.13. The monoisotopic (exact) mass is 322 g/mol. The number of hydrogen-bond donors (Lipinski definition) is 2. The van der Waals surface area contributed by atoms with Gasteiger partial charge >= 0.3 is 0 Å². The van der Waals surface area contributed by atoms with Gasteiger partial charge in [0.1, 0.15) is 0 Å². The molecule has 2 aromatic rings. The van der Waals surface area contributed by atoms with Crippen molar-refractivity contribution < 1.29 is 9.90 Å². The molecule has 4 nitrogen and oxygen atoms in total. The Morgan fingerprint density at radius 2 is 1.83 bits per heavy atom. The standard InChI is InChI=1S/C20H22N2O2/c23-19(17-8-2-1-3-9-17)14-20(24)21-15-16-7-6-10-18(13-16)22-11-4-5-12-22/h1-10,13,19,23H,11-12,14-15H2,(H,21,24). The molecule has 0 spiro atoms. The van der Waals surface area contributed by atoms with Gasteiger partial charge < -0.3 is 15.3 Å². The van der Waals surface area contributed by atoms with E-state index in [0.29, 0.717) is 6.54 Å². The summed E-state index contributed by atoms with van der Waals surface area (Å²) in [5.74, 6) is -0.153. The van der Waals surface area contributed by atoms with E-state index >= 15 is 0 Å². The molecule has 1 atom stereocenters. The smallest absolute Gasteiger partial charge is 0.223 e. The summed E-state index contributed by atoms with van der Waals surface area (Å²) in [6.07, 6.45) is 3.60. The fourth-order valence-electron chi connectivity index (χ4n) is 2.79. The molecule has 2 aromatic carbocycles. The second-order valence-electron chi connectivity index (χ2n) is 5.95. The number of hydrogen-bond acceptors (Lipinski definition) is 3.